The maximum atomic E-state index is 12.7. The van der Waals surface area contributed by atoms with Crippen LogP contribution in [-0.2, 0) is 0 Å². The Morgan fingerprint density at radius 2 is 1.96 bits per heavy atom. The third kappa shape index (κ3) is 3.20. The summed E-state index contributed by atoms with van der Waals surface area (Å²) in [5.41, 5.74) is 2.47. The maximum absolute atomic E-state index is 12.7. The maximum Gasteiger partial charge on any atom is 0.317 e. The Hall–Kier alpha value is -2.89. The third-order valence-corrected chi connectivity index (χ3v) is 4.30. The normalized spacial score (nSPS) is 17.2. The number of nitrogens with zero attached hydrogens (tertiary/aromatic N) is 3. The summed E-state index contributed by atoms with van der Waals surface area (Å²) in [6.07, 6.45) is 0.650. The first-order chi connectivity index (χ1) is 12.1. The highest BCUT2D eigenvalue weighted by Gasteiger charge is 2.30. The summed E-state index contributed by atoms with van der Waals surface area (Å²) in [5.74, 6) is 0.258. The van der Waals surface area contributed by atoms with Crippen LogP contribution < -0.4 is 4.74 Å². The lowest BCUT2D eigenvalue weighted by atomic mass is 10.2. The van der Waals surface area contributed by atoms with Crippen molar-refractivity contribution in [2.24, 2.45) is 0 Å². The summed E-state index contributed by atoms with van der Waals surface area (Å²) in [5, 5.41) is 0.932. The molecule has 1 saturated heterocycles. The van der Waals surface area contributed by atoms with E-state index < -0.39 is 0 Å². The molecule has 1 aromatic carbocycles. The van der Waals surface area contributed by atoms with Crippen molar-refractivity contribution >= 4 is 16.9 Å². The van der Waals surface area contributed by atoms with Crippen molar-refractivity contribution in [1.82, 2.24) is 14.9 Å². The number of furan rings is 1. The van der Waals surface area contributed by atoms with Crippen LogP contribution in [0.2, 0.25) is 0 Å². The molecule has 1 aliphatic rings. The number of carbonyl (C=O) groups is 1. The topological polar surface area (TPSA) is 68.5 Å². The second kappa shape index (κ2) is 6.20. The molecule has 3 heterocycles. The average Bonchev–Trinajstić information content (AvgIpc) is 3.19. The van der Waals surface area contributed by atoms with E-state index in [1.54, 1.807) is 11.0 Å². The SMILES string of the molecule is Cc1cc(C)nc(OC2CCN(C(=O)c3cc4ccccc4o3)C2)n1. The number of aryl methyl sites for hydroxylation is 2. The fourth-order valence-electron chi connectivity index (χ4n) is 3.15. The van der Waals surface area contributed by atoms with E-state index in [9.17, 15) is 4.79 Å². The van der Waals surface area contributed by atoms with Crippen molar-refractivity contribution in [1.29, 1.82) is 0 Å². The van der Waals surface area contributed by atoms with Gasteiger partial charge in [-0.15, -0.1) is 0 Å². The lowest BCUT2D eigenvalue weighted by Crippen LogP contribution is -2.30. The van der Waals surface area contributed by atoms with Gasteiger partial charge in [0.2, 0.25) is 0 Å². The van der Waals surface area contributed by atoms with E-state index in [0.717, 1.165) is 28.8 Å². The Morgan fingerprint density at radius 1 is 1.20 bits per heavy atom. The highest BCUT2D eigenvalue weighted by molar-refractivity contribution is 5.96. The molecule has 0 spiro atoms. The lowest BCUT2D eigenvalue weighted by Gasteiger charge is -2.15. The van der Waals surface area contributed by atoms with E-state index >= 15 is 0 Å². The van der Waals surface area contributed by atoms with Crippen molar-refractivity contribution in [2.75, 3.05) is 13.1 Å². The minimum absolute atomic E-state index is 0.102. The van der Waals surface area contributed by atoms with Gasteiger partial charge in [0.1, 0.15) is 11.7 Å². The summed E-state index contributed by atoms with van der Waals surface area (Å²) in [4.78, 5) is 23.0. The first kappa shape index (κ1) is 15.6. The van der Waals surface area contributed by atoms with Crippen molar-refractivity contribution in [3.8, 4) is 6.01 Å². The second-order valence-electron chi connectivity index (χ2n) is 6.36. The Kier molecular flexibility index (Phi) is 3.87. The molecule has 0 aliphatic carbocycles. The first-order valence-corrected chi connectivity index (χ1v) is 8.35. The number of hydrogen-bond acceptors (Lipinski definition) is 5. The molecule has 1 fully saturated rings. The third-order valence-electron chi connectivity index (χ3n) is 4.30. The van der Waals surface area contributed by atoms with Crippen molar-refractivity contribution in [3.63, 3.8) is 0 Å². The smallest absolute Gasteiger partial charge is 0.317 e. The molecule has 0 bridgehead atoms. The lowest BCUT2D eigenvalue weighted by molar-refractivity contribution is 0.0740. The van der Waals surface area contributed by atoms with Gasteiger partial charge in [0.25, 0.3) is 5.91 Å². The van der Waals surface area contributed by atoms with Gasteiger partial charge < -0.3 is 14.1 Å². The van der Waals surface area contributed by atoms with Gasteiger partial charge in [0.15, 0.2) is 5.76 Å². The van der Waals surface area contributed by atoms with Crippen LogP contribution in [0.1, 0.15) is 28.4 Å². The number of fused-ring (bicyclic) bond motifs is 1. The standard InChI is InChI=1S/C19H19N3O3/c1-12-9-13(2)21-19(20-12)24-15-7-8-22(11-15)18(23)17-10-14-5-3-4-6-16(14)25-17/h3-6,9-10,15H,7-8,11H2,1-2H3. The van der Waals surface area contributed by atoms with Gasteiger partial charge >= 0.3 is 6.01 Å². The van der Waals surface area contributed by atoms with Crippen LogP contribution in [0.25, 0.3) is 11.0 Å². The quantitative estimate of drug-likeness (QED) is 0.734. The summed E-state index contributed by atoms with van der Waals surface area (Å²) in [6, 6.07) is 11.7. The van der Waals surface area contributed by atoms with Crippen LogP contribution in [0, 0.1) is 13.8 Å². The summed E-state index contributed by atoms with van der Waals surface area (Å²) >= 11 is 0. The first-order valence-electron chi connectivity index (χ1n) is 8.35. The van der Waals surface area contributed by atoms with E-state index in [1.807, 2.05) is 44.2 Å². The number of amides is 1. The highest BCUT2D eigenvalue weighted by Crippen LogP contribution is 2.23. The van der Waals surface area contributed by atoms with Gasteiger partial charge in [0.05, 0.1) is 6.54 Å². The van der Waals surface area contributed by atoms with Gasteiger partial charge in [-0.1, -0.05) is 18.2 Å². The molecule has 3 aromatic rings. The fourth-order valence-corrected chi connectivity index (χ4v) is 3.15. The molecular weight excluding hydrogens is 318 g/mol. The molecule has 1 atom stereocenters. The predicted molar refractivity (Wildman–Crippen MR) is 92.7 cm³/mol. The summed E-state index contributed by atoms with van der Waals surface area (Å²) in [6.45, 7) is 4.96. The van der Waals surface area contributed by atoms with E-state index in [4.69, 9.17) is 9.15 Å². The van der Waals surface area contributed by atoms with Gasteiger partial charge in [-0.3, -0.25) is 4.79 Å². The monoisotopic (exact) mass is 337 g/mol. The molecule has 4 rings (SSSR count). The summed E-state index contributed by atoms with van der Waals surface area (Å²) < 4.78 is 11.5. The number of para-hydroxylation sites is 1. The zero-order chi connectivity index (χ0) is 17.4. The molecule has 0 N–H and O–H groups in total. The summed E-state index contributed by atoms with van der Waals surface area (Å²) in [7, 11) is 0. The molecule has 1 aliphatic heterocycles. The van der Waals surface area contributed by atoms with Crippen LogP contribution in [0.4, 0.5) is 0 Å². The van der Waals surface area contributed by atoms with Gasteiger partial charge in [0, 0.05) is 29.7 Å². The Bertz CT molecular complexity index is 881. The predicted octanol–water partition coefficient (Wildman–Crippen LogP) is 3.13. The second-order valence-corrected chi connectivity index (χ2v) is 6.36. The van der Waals surface area contributed by atoms with Gasteiger partial charge in [-0.2, -0.15) is 0 Å². The van der Waals surface area contributed by atoms with E-state index in [0.29, 0.717) is 24.9 Å². The highest BCUT2D eigenvalue weighted by atomic mass is 16.5. The molecule has 1 unspecified atom stereocenters. The molecule has 128 valence electrons. The van der Waals surface area contributed by atoms with Crippen molar-refractivity contribution in [2.45, 2.75) is 26.4 Å². The number of likely N-dealkylation sites (tertiary alicyclic amines) is 1. The molecule has 2 aromatic heterocycles. The number of rotatable bonds is 3. The number of aromatic nitrogens is 2. The van der Waals surface area contributed by atoms with E-state index in [2.05, 4.69) is 9.97 Å². The number of ether oxygens (including phenoxy) is 1. The molecular formula is C19H19N3O3. The minimum Gasteiger partial charge on any atom is -0.458 e. The van der Waals surface area contributed by atoms with Crippen molar-refractivity contribution in [3.05, 3.63) is 53.5 Å². The molecule has 6 heteroatoms. The van der Waals surface area contributed by atoms with Crippen LogP contribution >= 0.6 is 0 Å². The number of benzene rings is 1. The van der Waals surface area contributed by atoms with Crippen molar-refractivity contribution < 1.29 is 13.9 Å². The minimum atomic E-state index is -0.108. The average molecular weight is 337 g/mol. The van der Waals surface area contributed by atoms with E-state index in [1.165, 1.54) is 0 Å². The molecule has 0 radical (unpaired) electrons. The Labute approximate surface area is 145 Å². The van der Waals surface area contributed by atoms with Gasteiger partial charge in [-0.05, 0) is 32.0 Å². The molecule has 1 amide bonds. The molecule has 25 heavy (non-hydrogen) atoms. The molecule has 6 nitrogen and oxygen atoms in total. The number of hydrogen-bond donors (Lipinski definition) is 0. The largest absolute Gasteiger partial charge is 0.458 e. The van der Waals surface area contributed by atoms with Crippen LogP contribution in [-0.4, -0.2) is 40.0 Å². The fraction of sp³-hybridized carbons (Fsp3) is 0.316. The number of carbonyl (C=O) groups excluding carboxylic acids is 1. The molecule has 0 saturated carbocycles. The van der Waals surface area contributed by atoms with Gasteiger partial charge in [-0.25, -0.2) is 9.97 Å². The zero-order valence-electron chi connectivity index (χ0n) is 14.2. The van der Waals surface area contributed by atoms with Crippen LogP contribution in [0.3, 0.4) is 0 Å². The van der Waals surface area contributed by atoms with Crippen LogP contribution in [0.15, 0.2) is 40.8 Å². The van der Waals surface area contributed by atoms with Crippen LogP contribution in [0.5, 0.6) is 6.01 Å². The van der Waals surface area contributed by atoms with E-state index in [-0.39, 0.29) is 12.0 Å². The zero-order valence-corrected chi connectivity index (χ0v) is 14.2. The Balaban J connectivity index is 1.45. The Morgan fingerprint density at radius 3 is 2.72 bits per heavy atom.